The van der Waals surface area contributed by atoms with E-state index >= 15 is 0 Å². The average Bonchev–Trinajstić information content (AvgIpc) is 2.94. The molecule has 1 atom stereocenters. The van der Waals surface area contributed by atoms with Crippen molar-refractivity contribution in [1.82, 2.24) is 9.55 Å². The third-order valence-corrected chi connectivity index (χ3v) is 4.62. The van der Waals surface area contributed by atoms with Crippen LogP contribution in [-0.2, 0) is 0 Å². The number of halogens is 1. The number of nitrogens with zero attached hydrogens (tertiary/aromatic N) is 2. The Bertz CT molecular complexity index is 1170. The lowest BCUT2D eigenvalue weighted by atomic mass is 9.98. The quantitative estimate of drug-likeness (QED) is 0.567. The fourth-order valence-electron chi connectivity index (χ4n) is 3.36. The van der Waals surface area contributed by atoms with Crippen LogP contribution in [-0.4, -0.2) is 25.9 Å². The van der Waals surface area contributed by atoms with Gasteiger partial charge < -0.3 is 10.2 Å². The number of aliphatic hydroxyl groups is 1. The van der Waals surface area contributed by atoms with Crippen LogP contribution in [0.15, 0.2) is 54.9 Å². The second-order valence-corrected chi connectivity index (χ2v) is 6.19. The van der Waals surface area contributed by atoms with Crippen molar-refractivity contribution in [2.75, 3.05) is 0 Å². The van der Waals surface area contributed by atoms with Crippen LogP contribution in [0.3, 0.4) is 0 Å². The van der Waals surface area contributed by atoms with Crippen LogP contribution in [0.5, 0.6) is 0 Å². The van der Waals surface area contributed by atoms with Gasteiger partial charge in [0.15, 0.2) is 0 Å². The zero-order valence-corrected chi connectivity index (χ0v) is 13.8. The van der Waals surface area contributed by atoms with E-state index < -0.39 is 18.0 Å². The van der Waals surface area contributed by atoms with Gasteiger partial charge in [0.2, 0.25) is 0 Å². The first-order valence-electron chi connectivity index (χ1n) is 8.03. The number of pyridine rings is 1. The van der Waals surface area contributed by atoms with Crippen molar-refractivity contribution in [3.8, 4) is 0 Å². The summed E-state index contributed by atoms with van der Waals surface area (Å²) in [4.78, 5) is 15.8. The maximum absolute atomic E-state index is 13.6. The third kappa shape index (κ3) is 2.43. The van der Waals surface area contributed by atoms with Crippen LogP contribution in [0.25, 0.3) is 21.8 Å². The van der Waals surface area contributed by atoms with Gasteiger partial charge in [-0.05, 0) is 53.9 Å². The lowest BCUT2D eigenvalue weighted by Gasteiger charge is -2.14. The number of aliphatic hydroxyl groups excluding tert-OH is 1. The van der Waals surface area contributed by atoms with Crippen LogP contribution >= 0.6 is 0 Å². The molecule has 130 valence electrons. The highest BCUT2D eigenvalue weighted by Crippen LogP contribution is 2.33. The Hall–Kier alpha value is -3.25. The molecule has 0 aliphatic carbocycles. The molecule has 26 heavy (non-hydrogen) atoms. The summed E-state index contributed by atoms with van der Waals surface area (Å²) >= 11 is 0. The predicted molar refractivity (Wildman–Crippen MR) is 95.9 cm³/mol. The SMILES string of the molecule is Cc1cnccc1C(O)c1ccc2c3ccc(F)cc3n(C(=O)O)c2c1. The third-order valence-electron chi connectivity index (χ3n) is 4.62. The minimum absolute atomic E-state index is 0.277. The Morgan fingerprint density at radius 2 is 1.81 bits per heavy atom. The number of aromatic nitrogens is 2. The van der Waals surface area contributed by atoms with Gasteiger partial charge in [0.05, 0.1) is 11.0 Å². The van der Waals surface area contributed by atoms with Gasteiger partial charge in [0, 0.05) is 23.2 Å². The molecule has 0 radical (unpaired) electrons. The number of fused-ring (bicyclic) bond motifs is 3. The summed E-state index contributed by atoms with van der Waals surface area (Å²) < 4.78 is 14.7. The Morgan fingerprint density at radius 3 is 2.50 bits per heavy atom. The molecule has 2 aromatic carbocycles. The second-order valence-electron chi connectivity index (χ2n) is 6.19. The number of hydrogen-bond donors (Lipinski definition) is 2. The summed E-state index contributed by atoms with van der Waals surface area (Å²) in [5.74, 6) is -0.504. The zero-order chi connectivity index (χ0) is 18.4. The van der Waals surface area contributed by atoms with Crippen molar-refractivity contribution in [3.05, 3.63) is 77.4 Å². The summed E-state index contributed by atoms with van der Waals surface area (Å²) in [6.07, 6.45) is 1.14. The van der Waals surface area contributed by atoms with Crippen LogP contribution in [0.2, 0.25) is 0 Å². The largest absolute Gasteiger partial charge is 0.464 e. The molecule has 0 fully saturated rings. The topological polar surface area (TPSA) is 75.4 Å². The molecular weight excluding hydrogens is 335 g/mol. The first-order valence-corrected chi connectivity index (χ1v) is 8.03. The van der Waals surface area contributed by atoms with E-state index in [9.17, 15) is 19.4 Å². The summed E-state index contributed by atoms with van der Waals surface area (Å²) in [5.41, 5.74) is 2.77. The number of carbonyl (C=O) groups is 1. The van der Waals surface area contributed by atoms with Crippen LogP contribution in [0.4, 0.5) is 9.18 Å². The Labute approximate surface area is 148 Å². The molecule has 2 N–H and O–H groups in total. The van der Waals surface area contributed by atoms with Gasteiger partial charge in [-0.2, -0.15) is 0 Å². The number of hydrogen-bond acceptors (Lipinski definition) is 3. The molecule has 0 aliphatic rings. The molecular formula is C20H15FN2O3. The molecule has 4 aromatic rings. The second kappa shape index (κ2) is 5.93. The van der Waals surface area contributed by atoms with Crippen molar-refractivity contribution in [2.24, 2.45) is 0 Å². The molecule has 1 unspecified atom stereocenters. The van der Waals surface area contributed by atoms with Crippen molar-refractivity contribution < 1.29 is 19.4 Å². The van der Waals surface area contributed by atoms with Gasteiger partial charge in [-0.1, -0.05) is 12.1 Å². The molecule has 5 nitrogen and oxygen atoms in total. The van der Waals surface area contributed by atoms with Gasteiger partial charge in [0.25, 0.3) is 0 Å². The number of rotatable bonds is 2. The molecule has 0 bridgehead atoms. The molecule has 6 heteroatoms. The van der Waals surface area contributed by atoms with Gasteiger partial charge in [-0.15, -0.1) is 0 Å². The Balaban J connectivity index is 1.98. The monoisotopic (exact) mass is 350 g/mol. The molecule has 0 aliphatic heterocycles. The lowest BCUT2D eigenvalue weighted by Crippen LogP contribution is -2.08. The van der Waals surface area contributed by atoms with Gasteiger partial charge >= 0.3 is 6.09 Å². The lowest BCUT2D eigenvalue weighted by molar-refractivity contribution is 0.198. The van der Waals surface area contributed by atoms with E-state index in [-0.39, 0.29) is 5.52 Å². The van der Waals surface area contributed by atoms with Crippen LogP contribution in [0, 0.1) is 12.7 Å². The molecule has 0 spiro atoms. The van der Waals surface area contributed by atoms with Gasteiger partial charge in [0.1, 0.15) is 11.9 Å². The highest BCUT2D eigenvalue weighted by Gasteiger charge is 2.19. The fraction of sp³-hybridized carbons (Fsp3) is 0.100. The molecule has 0 saturated carbocycles. The fourth-order valence-corrected chi connectivity index (χ4v) is 3.36. The Kier molecular flexibility index (Phi) is 3.70. The standard InChI is InChI=1S/C20H15FN2O3/c1-11-10-22-7-6-14(11)19(24)12-2-4-15-16-5-3-13(21)9-18(16)23(20(25)26)17(15)8-12/h2-10,19,24H,1H3,(H,25,26). The predicted octanol–water partition coefficient (Wildman–Crippen LogP) is 4.24. The maximum Gasteiger partial charge on any atom is 0.416 e. The van der Waals surface area contributed by atoms with E-state index in [4.69, 9.17) is 0 Å². The molecule has 4 rings (SSSR count). The zero-order valence-electron chi connectivity index (χ0n) is 13.8. The van der Waals surface area contributed by atoms with Crippen LogP contribution in [0.1, 0.15) is 22.8 Å². The highest BCUT2D eigenvalue weighted by molar-refractivity contribution is 6.12. The van der Waals surface area contributed by atoms with E-state index in [1.807, 2.05) is 6.92 Å². The highest BCUT2D eigenvalue weighted by atomic mass is 19.1. The average molecular weight is 350 g/mol. The maximum atomic E-state index is 13.6. The molecule has 2 heterocycles. The normalized spacial score (nSPS) is 12.6. The van der Waals surface area contributed by atoms with Crippen molar-refractivity contribution in [2.45, 2.75) is 13.0 Å². The van der Waals surface area contributed by atoms with E-state index in [0.717, 1.165) is 10.1 Å². The van der Waals surface area contributed by atoms with E-state index in [0.29, 0.717) is 27.4 Å². The van der Waals surface area contributed by atoms with Crippen LogP contribution < -0.4 is 0 Å². The summed E-state index contributed by atoms with van der Waals surface area (Å²) in [6, 6.07) is 10.9. The summed E-state index contributed by atoms with van der Waals surface area (Å²) in [6.45, 7) is 1.85. The molecule has 0 amide bonds. The van der Waals surface area contributed by atoms with E-state index in [2.05, 4.69) is 4.98 Å². The van der Waals surface area contributed by atoms with Crippen molar-refractivity contribution >= 4 is 27.9 Å². The van der Waals surface area contributed by atoms with Crippen molar-refractivity contribution in [1.29, 1.82) is 0 Å². The minimum atomic E-state index is -1.21. The first-order chi connectivity index (χ1) is 12.5. The summed E-state index contributed by atoms with van der Waals surface area (Å²) in [5, 5.41) is 21.7. The Morgan fingerprint density at radius 1 is 1.12 bits per heavy atom. The smallest absolute Gasteiger partial charge is 0.416 e. The first kappa shape index (κ1) is 16.2. The van der Waals surface area contributed by atoms with Gasteiger partial charge in [-0.3, -0.25) is 4.98 Å². The number of benzene rings is 2. The van der Waals surface area contributed by atoms with E-state index in [1.165, 1.54) is 12.1 Å². The molecule has 2 aromatic heterocycles. The van der Waals surface area contributed by atoms with E-state index in [1.54, 1.807) is 42.7 Å². The summed E-state index contributed by atoms with van der Waals surface area (Å²) in [7, 11) is 0. The number of aryl methyl sites for hydroxylation is 1. The molecule has 0 saturated heterocycles. The number of carboxylic acid groups (broad SMARTS) is 1. The van der Waals surface area contributed by atoms with Crippen molar-refractivity contribution in [3.63, 3.8) is 0 Å². The van der Waals surface area contributed by atoms with Gasteiger partial charge in [-0.25, -0.2) is 13.8 Å². The minimum Gasteiger partial charge on any atom is -0.464 e.